The van der Waals surface area contributed by atoms with Gasteiger partial charge in [-0.1, -0.05) is 24.3 Å². The van der Waals surface area contributed by atoms with Gasteiger partial charge < -0.3 is 19.4 Å². The van der Waals surface area contributed by atoms with Crippen LogP contribution in [0.4, 0.5) is 0 Å². The van der Waals surface area contributed by atoms with Crippen molar-refractivity contribution < 1.29 is 9.59 Å². The molecule has 1 N–H and O–H groups in total. The van der Waals surface area contributed by atoms with Crippen LogP contribution in [0.3, 0.4) is 0 Å². The van der Waals surface area contributed by atoms with E-state index in [1.54, 1.807) is 12.4 Å². The number of pyridine rings is 1. The van der Waals surface area contributed by atoms with Crippen LogP contribution >= 0.6 is 0 Å². The zero-order valence-corrected chi connectivity index (χ0v) is 18.0. The fourth-order valence-corrected chi connectivity index (χ4v) is 4.31. The number of imidazole rings is 1. The van der Waals surface area contributed by atoms with Gasteiger partial charge in [0, 0.05) is 49.6 Å². The Balaban J connectivity index is 1.35. The van der Waals surface area contributed by atoms with Gasteiger partial charge in [-0.05, 0) is 25.1 Å². The molecule has 0 fully saturated rings. The predicted molar refractivity (Wildman–Crippen MR) is 120 cm³/mol. The first-order chi connectivity index (χ1) is 15.5. The third-order valence-corrected chi connectivity index (χ3v) is 6.01. The van der Waals surface area contributed by atoms with E-state index in [-0.39, 0.29) is 17.9 Å². The summed E-state index contributed by atoms with van der Waals surface area (Å²) in [5.74, 6) is 0.439. The number of hydrogen-bond acceptors (Lipinski definition) is 4. The number of benzene rings is 1. The molecule has 0 saturated carbocycles. The van der Waals surface area contributed by atoms with E-state index in [1.807, 2.05) is 76.7 Å². The summed E-state index contributed by atoms with van der Waals surface area (Å²) in [6, 6.07) is 13.2. The standard InChI is InChI=1S/C24H24N6O2/c1-16-22-27-20(23(31)26-13-17-7-5-6-10-25-17)15-29(22)11-12-30(16)24(32)19-14-28(2)21-9-4-3-8-18(19)21/h3-10,14-16H,11-13H2,1-2H3,(H,26,31)/t16-/m0/s1. The van der Waals surface area contributed by atoms with Crippen LogP contribution in [-0.4, -0.2) is 42.4 Å². The molecule has 4 aromatic rings. The van der Waals surface area contributed by atoms with Crippen LogP contribution in [0.1, 0.15) is 45.3 Å². The molecule has 4 heterocycles. The molecule has 0 unspecified atom stereocenters. The number of hydrogen-bond donors (Lipinski definition) is 1. The number of carbonyl (C=O) groups excluding carboxylic acids is 2. The van der Waals surface area contributed by atoms with Gasteiger partial charge in [0.15, 0.2) is 0 Å². The van der Waals surface area contributed by atoms with Crippen molar-refractivity contribution in [3.05, 3.63) is 83.8 Å². The first-order valence-corrected chi connectivity index (χ1v) is 10.6. The molecule has 1 aliphatic heterocycles. The van der Waals surface area contributed by atoms with Gasteiger partial charge in [0.05, 0.1) is 23.8 Å². The van der Waals surface area contributed by atoms with Crippen molar-refractivity contribution in [3.8, 4) is 0 Å². The van der Waals surface area contributed by atoms with Gasteiger partial charge in [-0.3, -0.25) is 14.6 Å². The minimum atomic E-state index is -0.253. The van der Waals surface area contributed by atoms with Crippen molar-refractivity contribution in [1.29, 1.82) is 0 Å². The Hall–Kier alpha value is -3.94. The highest BCUT2D eigenvalue weighted by Crippen LogP contribution is 2.29. The topological polar surface area (TPSA) is 85.1 Å². The molecule has 1 aromatic carbocycles. The number of fused-ring (bicyclic) bond motifs is 2. The Morgan fingerprint density at radius 2 is 1.91 bits per heavy atom. The molecule has 0 aliphatic carbocycles. The van der Waals surface area contributed by atoms with E-state index in [9.17, 15) is 9.59 Å². The summed E-state index contributed by atoms with van der Waals surface area (Å²) in [5, 5.41) is 3.80. The highest BCUT2D eigenvalue weighted by Gasteiger charge is 2.32. The van der Waals surface area contributed by atoms with Crippen molar-refractivity contribution in [2.45, 2.75) is 26.1 Å². The number of para-hydroxylation sites is 1. The molecule has 0 radical (unpaired) electrons. The van der Waals surface area contributed by atoms with Gasteiger partial charge in [-0.15, -0.1) is 0 Å². The Morgan fingerprint density at radius 1 is 1.09 bits per heavy atom. The van der Waals surface area contributed by atoms with Gasteiger partial charge in [-0.25, -0.2) is 4.98 Å². The Morgan fingerprint density at radius 3 is 2.72 bits per heavy atom. The molecular weight excluding hydrogens is 404 g/mol. The van der Waals surface area contributed by atoms with Crippen molar-refractivity contribution in [2.75, 3.05) is 6.54 Å². The average Bonchev–Trinajstić information content (AvgIpc) is 3.40. The molecule has 0 bridgehead atoms. The number of rotatable bonds is 4. The molecular formula is C24H24N6O2. The minimum Gasteiger partial charge on any atom is -0.350 e. The van der Waals surface area contributed by atoms with E-state index in [0.717, 1.165) is 16.6 Å². The van der Waals surface area contributed by atoms with E-state index in [0.29, 0.717) is 36.7 Å². The number of aryl methyl sites for hydroxylation is 1. The maximum Gasteiger partial charge on any atom is 0.271 e. The summed E-state index contributed by atoms with van der Waals surface area (Å²) < 4.78 is 3.94. The molecule has 8 heteroatoms. The normalized spacial score (nSPS) is 15.6. The second-order valence-corrected chi connectivity index (χ2v) is 8.03. The lowest BCUT2D eigenvalue weighted by Gasteiger charge is -2.33. The Labute approximate surface area is 185 Å². The summed E-state index contributed by atoms with van der Waals surface area (Å²) in [6.45, 7) is 3.44. The number of nitrogens with zero attached hydrogens (tertiary/aromatic N) is 5. The third kappa shape index (κ3) is 3.43. The van der Waals surface area contributed by atoms with Crippen molar-refractivity contribution in [3.63, 3.8) is 0 Å². The Bertz CT molecular complexity index is 1310. The summed E-state index contributed by atoms with van der Waals surface area (Å²) in [5.41, 5.74) is 2.84. The van der Waals surface area contributed by atoms with E-state index in [4.69, 9.17) is 0 Å². The van der Waals surface area contributed by atoms with Gasteiger partial charge >= 0.3 is 0 Å². The molecule has 1 aliphatic rings. The second-order valence-electron chi connectivity index (χ2n) is 8.03. The van der Waals surface area contributed by atoms with Gasteiger partial charge in [0.1, 0.15) is 11.5 Å². The first-order valence-electron chi connectivity index (χ1n) is 10.6. The number of amides is 2. The van der Waals surface area contributed by atoms with Crippen LogP contribution in [-0.2, 0) is 20.1 Å². The van der Waals surface area contributed by atoms with Crippen LogP contribution < -0.4 is 5.32 Å². The van der Waals surface area contributed by atoms with E-state index in [2.05, 4.69) is 15.3 Å². The quantitative estimate of drug-likeness (QED) is 0.542. The van der Waals surface area contributed by atoms with Crippen LogP contribution in [0, 0.1) is 0 Å². The molecule has 5 rings (SSSR count). The van der Waals surface area contributed by atoms with Gasteiger partial charge in [-0.2, -0.15) is 0 Å². The van der Waals surface area contributed by atoms with E-state index in [1.165, 1.54) is 0 Å². The van der Waals surface area contributed by atoms with Crippen molar-refractivity contribution >= 4 is 22.7 Å². The molecule has 3 aromatic heterocycles. The van der Waals surface area contributed by atoms with E-state index >= 15 is 0 Å². The van der Waals surface area contributed by atoms with Gasteiger partial charge in [0.2, 0.25) is 0 Å². The summed E-state index contributed by atoms with van der Waals surface area (Å²) in [4.78, 5) is 36.7. The third-order valence-electron chi connectivity index (χ3n) is 6.01. The summed E-state index contributed by atoms with van der Waals surface area (Å²) in [7, 11) is 1.95. The lowest BCUT2D eigenvalue weighted by Crippen LogP contribution is -2.41. The zero-order valence-electron chi connectivity index (χ0n) is 18.0. The minimum absolute atomic E-state index is 0.0234. The number of nitrogens with one attached hydrogen (secondary N) is 1. The monoisotopic (exact) mass is 428 g/mol. The average molecular weight is 428 g/mol. The number of aromatic nitrogens is 4. The molecule has 2 amide bonds. The second kappa shape index (κ2) is 7.96. The Kier molecular flexibility index (Phi) is 4.97. The van der Waals surface area contributed by atoms with Crippen LogP contribution in [0.5, 0.6) is 0 Å². The molecule has 162 valence electrons. The predicted octanol–water partition coefficient (Wildman–Crippen LogP) is 2.92. The van der Waals surface area contributed by atoms with Crippen molar-refractivity contribution in [1.82, 2.24) is 29.3 Å². The SMILES string of the molecule is C[C@H]1c2nc(C(=O)NCc3ccccn3)cn2CCN1C(=O)c1cn(C)c2ccccc12. The zero-order chi connectivity index (χ0) is 22.2. The molecule has 32 heavy (non-hydrogen) atoms. The fourth-order valence-electron chi connectivity index (χ4n) is 4.31. The highest BCUT2D eigenvalue weighted by molar-refractivity contribution is 6.07. The van der Waals surface area contributed by atoms with Crippen LogP contribution in [0.2, 0.25) is 0 Å². The molecule has 8 nitrogen and oxygen atoms in total. The van der Waals surface area contributed by atoms with Crippen molar-refractivity contribution in [2.24, 2.45) is 7.05 Å². The lowest BCUT2D eigenvalue weighted by molar-refractivity contribution is 0.0639. The molecule has 0 saturated heterocycles. The summed E-state index contributed by atoms with van der Waals surface area (Å²) in [6.07, 6.45) is 5.34. The first kappa shape index (κ1) is 20.0. The van der Waals surface area contributed by atoms with E-state index < -0.39 is 0 Å². The molecule has 1 atom stereocenters. The van der Waals surface area contributed by atoms with Gasteiger partial charge in [0.25, 0.3) is 11.8 Å². The van der Waals surface area contributed by atoms with Crippen LogP contribution in [0.25, 0.3) is 10.9 Å². The number of carbonyl (C=O) groups is 2. The molecule has 0 spiro atoms. The maximum atomic E-state index is 13.4. The fraction of sp³-hybridized carbons (Fsp3) is 0.250. The van der Waals surface area contributed by atoms with Crippen LogP contribution in [0.15, 0.2) is 61.1 Å². The summed E-state index contributed by atoms with van der Waals surface area (Å²) >= 11 is 0. The highest BCUT2D eigenvalue weighted by atomic mass is 16.2. The maximum absolute atomic E-state index is 13.4. The smallest absolute Gasteiger partial charge is 0.271 e. The largest absolute Gasteiger partial charge is 0.350 e. The lowest BCUT2D eigenvalue weighted by atomic mass is 10.1.